The fourth-order valence-corrected chi connectivity index (χ4v) is 2.51. The Morgan fingerprint density at radius 1 is 1.14 bits per heavy atom. The topological polar surface area (TPSA) is 21.3 Å². The molecule has 0 aliphatic heterocycles. The zero-order valence-corrected chi connectivity index (χ0v) is 12.6. The number of benzene rings is 2. The van der Waals surface area contributed by atoms with Crippen molar-refractivity contribution >= 4 is 0 Å². The molecule has 112 valence electrons. The van der Waals surface area contributed by atoms with Crippen molar-refractivity contribution in [3.05, 3.63) is 65.5 Å². The number of nitrogens with one attached hydrogen (secondary N) is 1. The van der Waals surface area contributed by atoms with Gasteiger partial charge in [-0.05, 0) is 43.1 Å². The summed E-state index contributed by atoms with van der Waals surface area (Å²) >= 11 is 0. The van der Waals surface area contributed by atoms with Gasteiger partial charge in [0, 0.05) is 11.6 Å². The molecule has 2 aromatic rings. The molecule has 3 heteroatoms. The number of halogens is 1. The Kier molecular flexibility index (Phi) is 5.76. The van der Waals surface area contributed by atoms with Gasteiger partial charge in [-0.3, -0.25) is 0 Å². The molecule has 1 unspecified atom stereocenters. The Bertz CT molecular complexity index is 571. The van der Waals surface area contributed by atoms with E-state index in [9.17, 15) is 4.39 Å². The lowest BCUT2D eigenvalue weighted by Crippen LogP contribution is -2.23. The Balaban J connectivity index is 1.96. The predicted octanol–water partition coefficient (Wildman–Crippen LogP) is 4.12. The maximum Gasteiger partial charge on any atom is 0.123 e. The molecule has 0 spiro atoms. The highest BCUT2D eigenvalue weighted by molar-refractivity contribution is 5.35. The lowest BCUT2D eigenvalue weighted by Gasteiger charge is -2.20. The van der Waals surface area contributed by atoms with E-state index in [-0.39, 0.29) is 11.9 Å². The summed E-state index contributed by atoms with van der Waals surface area (Å²) in [6.45, 7) is 2.95. The second-order valence-corrected chi connectivity index (χ2v) is 5.04. The van der Waals surface area contributed by atoms with Crippen LogP contribution in [0.2, 0.25) is 0 Å². The number of rotatable bonds is 7. The van der Waals surface area contributed by atoms with Gasteiger partial charge in [0.2, 0.25) is 0 Å². The first kappa shape index (κ1) is 15.5. The van der Waals surface area contributed by atoms with E-state index < -0.39 is 0 Å². The highest BCUT2D eigenvalue weighted by Gasteiger charge is 2.12. The van der Waals surface area contributed by atoms with Gasteiger partial charge in [-0.1, -0.05) is 37.3 Å². The average molecular weight is 287 g/mol. The second-order valence-electron chi connectivity index (χ2n) is 5.04. The van der Waals surface area contributed by atoms with Crippen LogP contribution >= 0.6 is 0 Å². The number of methoxy groups -OCH3 is 1. The van der Waals surface area contributed by atoms with E-state index >= 15 is 0 Å². The molecule has 0 radical (unpaired) electrons. The highest BCUT2D eigenvalue weighted by atomic mass is 19.1. The van der Waals surface area contributed by atoms with Crippen molar-refractivity contribution in [2.45, 2.75) is 25.8 Å². The van der Waals surface area contributed by atoms with Gasteiger partial charge >= 0.3 is 0 Å². The molecule has 0 amide bonds. The van der Waals surface area contributed by atoms with Crippen molar-refractivity contribution in [3.63, 3.8) is 0 Å². The SMILES string of the molecule is CCC(NCCc1cccc(F)c1)c1ccccc1OC. The number of para-hydroxylation sites is 1. The maximum atomic E-state index is 13.1. The monoisotopic (exact) mass is 287 g/mol. The Hall–Kier alpha value is -1.87. The molecule has 0 fully saturated rings. The summed E-state index contributed by atoms with van der Waals surface area (Å²) in [5, 5.41) is 3.53. The molecule has 0 saturated heterocycles. The molecular weight excluding hydrogens is 265 g/mol. The lowest BCUT2D eigenvalue weighted by molar-refractivity contribution is 0.397. The molecule has 21 heavy (non-hydrogen) atoms. The van der Waals surface area contributed by atoms with E-state index in [0.29, 0.717) is 0 Å². The van der Waals surface area contributed by atoms with Crippen LogP contribution in [0, 0.1) is 5.82 Å². The molecule has 0 aliphatic rings. The minimum atomic E-state index is -0.177. The van der Waals surface area contributed by atoms with Crippen molar-refractivity contribution in [3.8, 4) is 5.75 Å². The van der Waals surface area contributed by atoms with E-state index in [1.54, 1.807) is 19.2 Å². The molecule has 1 atom stereocenters. The second kappa shape index (κ2) is 7.79. The van der Waals surface area contributed by atoms with E-state index in [0.717, 1.165) is 30.7 Å². The zero-order valence-electron chi connectivity index (χ0n) is 12.6. The standard InChI is InChI=1S/C18H22FNO/c1-3-17(16-9-4-5-10-18(16)21-2)20-12-11-14-7-6-8-15(19)13-14/h4-10,13,17,20H,3,11-12H2,1-2H3. The Morgan fingerprint density at radius 3 is 2.67 bits per heavy atom. The van der Waals surface area contributed by atoms with E-state index in [4.69, 9.17) is 4.74 Å². The van der Waals surface area contributed by atoms with Gasteiger partial charge < -0.3 is 10.1 Å². The summed E-state index contributed by atoms with van der Waals surface area (Å²) in [5.74, 6) is 0.729. The third-order valence-corrected chi connectivity index (χ3v) is 3.62. The molecule has 2 nitrogen and oxygen atoms in total. The van der Waals surface area contributed by atoms with E-state index in [1.807, 2.05) is 24.3 Å². The Labute approximate surface area is 126 Å². The zero-order chi connectivity index (χ0) is 15.1. The molecule has 0 bridgehead atoms. The van der Waals surface area contributed by atoms with Gasteiger partial charge in [-0.2, -0.15) is 0 Å². The van der Waals surface area contributed by atoms with Crippen molar-refractivity contribution in [1.29, 1.82) is 0 Å². The number of ether oxygens (including phenoxy) is 1. The largest absolute Gasteiger partial charge is 0.496 e. The number of hydrogen-bond donors (Lipinski definition) is 1. The van der Waals surface area contributed by atoms with Gasteiger partial charge in [0.1, 0.15) is 11.6 Å². The van der Waals surface area contributed by atoms with Crippen LogP contribution in [0.4, 0.5) is 4.39 Å². The van der Waals surface area contributed by atoms with Crippen molar-refractivity contribution in [1.82, 2.24) is 5.32 Å². The molecule has 0 aromatic heterocycles. The molecule has 1 N–H and O–H groups in total. The third-order valence-electron chi connectivity index (χ3n) is 3.62. The summed E-state index contributed by atoms with van der Waals surface area (Å²) < 4.78 is 18.6. The highest BCUT2D eigenvalue weighted by Crippen LogP contribution is 2.26. The normalized spacial score (nSPS) is 12.1. The van der Waals surface area contributed by atoms with Gasteiger partial charge in [0.25, 0.3) is 0 Å². The van der Waals surface area contributed by atoms with E-state index in [2.05, 4.69) is 18.3 Å². The van der Waals surface area contributed by atoms with Crippen molar-refractivity contribution in [2.75, 3.05) is 13.7 Å². The lowest BCUT2D eigenvalue weighted by atomic mass is 10.0. The van der Waals surface area contributed by atoms with Gasteiger partial charge in [-0.25, -0.2) is 4.39 Å². The Morgan fingerprint density at radius 2 is 1.95 bits per heavy atom. The van der Waals surface area contributed by atoms with Crippen LogP contribution in [0.25, 0.3) is 0 Å². The molecule has 2 rings (SSSR count). The predicted molar refractivity (Wildman–Crippen MR) is 84.1 cm³/mol. The summed E-state index contributed by atoms with van der Waals surface area (Å²) in [7, 11) is 1.69. The van der Waals surface area contributed by atoms with Crippen molar-refractivity contribution < 1.29 is 9.13 Å². The van der Waals surface area contributed by atoms with Crippen LogP contribution in [0.3, 0.4) is 0 Å². The minimum Gasteiger partial charge on any atom is -0.496 e. The minimum absolute atomic E-state index is 0.177. The van der Waals surface area contributed by atoms with Crippen LogP contribution < -0.4 is 10.1 Å². The summed E-state index contributed by atoms with van der Waals surface area (Å²) in [4.78, 5) is 0. The third kappa shape index (κ3) is 4.30. The molecule has 0 saturated carbocycles. The van der Waals surface area contributed by atoms with Crippen LogP contribution in [0.1, 0.15) is 30.5 Å². The quantitative estimate of drug-likeness (QED) is 0.827. The van der Waals surface area contributed by atoms with Gasteiger partial charge in [0.05, 0.1) is 7.11 Å². The first-order valence-electron chi connectivity index (χ1n) is 7.35. The van der Waals surface area contributed by atoms with Crippen LogP contribution in [-0.2, 0) is 6.42 Å². The van der Waals surface area contributed by atoms with E-state index in [1.165, 1.54) is 11.6 Å². The fourth-order valence-electron chi connectivity index (χ4n) is 2.51. The maximum absolute atomic E-state index is 13.1. The number of hydrogen-bond acceptors (Lipinski definition) is 2. The first-order chi connectivity index (χ1) is 10.2. The first-order valence-corrected chi connectivity index (χ1v) is 7.35. The van der Waals surface area contributed by atoms with Gasteiger partial charge in [0.15, 0.2) is 0 Å². The molecule has 0 aliphatic carbocycles. The fraction of sp³-hybridized carbons (Fsp3) is 0.333. The van der Waals surface area contributed by atoms with Crippen LogP contribution in [0.15, 0.2) is 48.5 Å². The molecular formula is C18H22FNO. The smallest absolute Gasteiger partial charge is 0.123 e. The molecule has 2 aromatic carbocycles. The van der Waals surface area contributed by atoms with Crippen molar-refractivity contribution in [2.24, 2.45) is 0 Å². The van der Waals surface area contributed by atoms with Gasteiger partial charge in [-0.15, -0.1) is 0 Å². The van der Waals surface area contributed by atoms with Crippen LogP contribution in [-0.4, -0.2) is 13.7 Å². The average Bonchev–Trinajstić information content (AvgIpc) is 2.52. The van der Waals surface area contributed by atoms with Crippen LogP contribution in [0.5, 0.6) is 5.75 Å². The summed E-state index contributed by atoms with van der Waals surface area (Å²) in [5.41, 5.74) is 2.18. The summed E-state index contributed by atoms with van der Waals surface area (Å²) in [6, 6.07) is 15.1. The summed E-state index contributed by atoms with van der Waals surface area (Å²) in [6.07, 6.45) is 1.78. The molecule has 0 heterocycles.